The second kappa shape index (κ2) is 8.91. The minimum absolute atomic E-state index is 0.0320. The van der Waals surface area contributed by atoms with Gasteiger partial charge in [-0.2, -0.15) is 8.78 Å². The molecule has 0 saturated heterocycles. The molecule has 1 atom stereocenters. The Morgan fingerprint density at radius 2 is 1.79 bits per heavy atom. The van der Waals surface area contributed by atoms with Gasteiger partial charge in [0, 0.05) is 18.3 Å². The number of aromatic nitrogens is 3. The number of anilines is 1. The lowest BCUT2D eigenvalue weighted by Crippen LogP contribution is -2.33. The monoisotopic (exact) mass is 419 g/mol. The minimum atomic E-state index is -2.89. The van der Waals surface area contributed by atoms with Crippen molar-refractivity contribution in [2.24, 2.45) is 0 Å². The van der Waals surface area contributed by atoms with Crippen molar-refractivity contribution in [1.82, 2.24) is 14.9 Å². The number of carbonyl (C=O) groups is 1. The van der Waals surface area contributed by atoms with Crippen molar-refractivity contribution in [3.8, 4) is 17.1 Å². The zero-order valence-corrected chi connectivity index (χ0v) is 16.5. The van der Waals surface area contributed by atoms with E-state index in [1.165, 1.54) is 28.6 Å². The Morgan fingerprint density at radius 3 is 2.41 bits per heavy atom. The molecule has 2 aromatic carbocycles. The molecule has 1 aromatic heterocycles. The number of benzene rings is 2. The van der Waals surface area contributed by atoms with Crippen LogP contribution >= 0.6 is 11.8 Å². The van der Waals surface area contributed by atoms with E-state index in [0.717, 1.165) is 5.69 Å². The molecule has 3 rings (SSSR count). The molecule has 0 fully saturated rings. The highest BCUT2D eigenvalue weighted by atomic mass is 32.2. The topological polar surface area (TPSA) is 86.3 Å². The van der Waals surface area contributed by atoms with Gasteiger partial charge in [0.2, 0.25) is 11.1 Å². The van der Waals surface area contributed by atoms with E-state index in [-0.39, 0.29) is 11.7 Å². The van der Waals surface area contributed by atoms with Gasteiger partial charge in [-0.3, -0.25) is 4.79 Å². The third-order valence-electron chi connectivity index (χ3n) is 4.11. The van der Waals surface area contributed by atoms with Crippen LogP contribution in [0.2, 0.25) is 0 Å². The number of para-hydroxylation sites is 1. The molecule has 2 N–H and O–H groups in total. The van der Waals surface area contributed by atoms with Gasteiger partial charge >= 0.3 is 6.61 Å². The molecule has 0 bridgehead atoms. The molecule has 3 aromatic rings. The minimum Gasteiger partial charge on any atom is -0.435 e. The van der Waals surface area contributed by atoms with Gasteiger partial charge in [-0.05, 0) is 43.3 Å². The van der Waals surface area contributed by atoms with E-state index in [4.69, 9.17) is 5.84 Å². The van der Waals surface area contributed by atoms with Crippen molar-refractivity contribution >= 4 is 23.4 Å². The number of halogens is 2. The molecule has 1 heterocycles. The third kappa shape index (κ3) is 4.83. The highest BCUT2D eigenvalue weighted by molar-refractivity contribution is 8.00. The van der Waals surface area contributed by atoms with E-state index >= 15 is 0 Å². The van der Waals surface area contributed by atoms with Crippen LogP contribution in [-0.4, -0.2) is 39.7 Å². The Hall–Kier alpha value is -3.14. The van der Waals surface area contributed by atoms with E-state index in [9.17, 15) is 13.6 Å². The maximum atomic E-state index is 12.7. The number of rotatable bonds is 7. The Morgan fingerprint density at radius 1 is 1.14 bits per heavy atom. The largest absolute Gasteiger partial charge is 0.435 e. The SMILES string of the molecule is C[C@H](Sc1nnc(-c2ccc(OC(F)F)cc2)n1N)C(=O)N(C)c1ccccc1. The number of amides is 1. The maximum Gasteiger partial charge on any atom is 0.387 e. The smallest absolute Gasteiger partial charge is 0.387 e. The zero-order chi connectivity index (χ0) is 21.0. The van der Waals surface area contributed by atoms with Gasteiger partial charge in [0.1, 0.15) is 5.75 Å². The fourth-order valence-corrected chi connectivity index (χ4v) is 3.46. The number of carbonyl (C=O) groups excluding carboxylic acids is 1. The molecule has 0 radical (unpaired) electrons. The molecular weight excluding hydrogens is 400 g/mol. The fraction of sp³-hybridized carbons (Fsp3) is 0.211. The summed E-state index contributed by atoms with van der Waals surface area (Å²) in [5.74, 6) is 6.34. The van der Waals surface area contributed by atoms with E-state index in [0.29, 0.717) is 16.5 Å². The summed E-state index contributed by atoms with van der Waals surface area (Å²) in [7, 11) is 1.70. The van der Waals surface area contributed by atoms with E-state index in [2.05, 4.69) is 14.9 Å². The first-order valence-corrected chi connectivity index (χ1v) is 9.49. The van der Waals surface area contributed by atoms with Crippen molar-refractivity contribution in [3.05, 3.63) is 54.6 Å². The van der Waals surface area contributed by atoms with E-state index in [1.54, 1.807) is 31.0 Å². The van der Waals surface area contributed by atoms with Gasteiger partial charge in [-0.1, -0.05) is 30.0 Å². The molecule has 0 spiro atoms. The van der Waals surface area contributed by atoms with Crippen LogP contribution in [0.3, 0.4) is 0 Å². The van der Waals surface area contributed by atoms with Gasteiger partial charge in [-0.25, -0.2) is 4.68 Å². The van der Waals surface area contributed by atoms with Gasteiger partial charge in [0.15, 0.2) is 5.82 Å². The number of nitrogens with two attached hydrogens (primary N) is 1. The Bertz CT molecular complexity index is 966. The van der Waals surface area contributed by atoms with Crippen LogP contribution in [0.1, 0.15) is 6.92 Å². The van der Waals surface area contributed by atoms with Gasteiger partial charge in [0.25, 0.3) is 0 Å². The predicted octanol–water partition coefficient (Wildman–Crippen LogP) is 3.40. The van der Waals surface area contributed by atoms with Gasteiger partial charge < -0.3 is 15.5 Å². The number of hydrogen-bond acceptors (Lipinski definition) is 6. The first-order chi connectivity index (χ1) is 13.9. The molecule has 0 aliphatic rings. The first-order valence-electron chi connectivity index (χ1n) is 8.62. The summed E-state index contributed by atoms with van der Waals surface area (Å²) in [6, 6.07) is 15.2. The summed E-state index contributed by atoms with van der Waals surface area (Å²) in [6.07, 6.45) is 0. The summed E-state index contributed by atoms with van der Waals surface area (Å²) in [6.45, 7) is -1.13. The number of ether oxygens (including phenoxy) is 1. The third-order valence-corrected chi connectivity index (χ3v) is 5.15. The van der Waals surface area contributed by atoms with Crippen LogP contribution in [-0.2, 0) is 4.79 Å². The number of alkyl halides is 2. The van der Waals surface area contributed by atoms with Crippen molar-refractivity contribution < 1.29 is 18.3 Å². The molecule has 29 heavy (non-hydrogen) atoms. The van der Waals surface area contributed by atoms with Crippen LogP contribution in [0.25, 0.3) is 11.4 Å². The summed E-state index contributed by atoms with van der Waals surface area (Å²) in [4.78, 5) is 14.3. The van der Waals surface area contributed by atoms with Crippen LogP contribution < -0.4 is 15.5 Å². The van der Waals surface area contributed by atoms with Crippen LogP contribution in [0.15, 0.2) is 59.8 Å². The van der Waals surface area contributed by atoms with Crippen LogP contribution in [0.5, 0.6) is 5.75 Å². The quantitative estimate of drug-likeness (QED) is 0.467. The first kappa shape index (κ1) is 20.6. The van der Waals surface area contributed by atoms with Gasteiger partial charge in [0.05, 0.1) is 5.25 Å². The molecule has 0 saturated carbocycles. The lowest BCUT2D eigenvalue weighted by molar-refractivity contribution is -0.117. The van der Waals surface area contributed by atoms with Crippen molar-refractivity contribution in [2.45, 2.75) is 23.9 Å². The average molecular weight is 419 g/mol. The highest BCUT2D eigenvalue weighted by Crippen LogP contribution is 2.27. The lowest BCUT2D eigenvalue weighted by atomic mass is 10.2. The standard InChI is InChI=1S/C19H19F2N5O2S/c1-12(17(27)25(2)14-6-4-3-5-7-14)29-19-24-23-16(26(19)22)13-8-10-15(11-9-13)28-18(20)21/h3-12,18H,22H2,1-2H3/t12-/m0/s1. The Labute approximate surface area is 170 Å². The average Bonchev–Trinajstić information content (AvgIpc) is 3.08. The molecular formula is C19H19F2N5O2S. The van der Waals surface area contributed by atoms with Crippen molar-refractivity contribution in [3.63, 3.8) is 0 Å². The van der Waals surface area contributed by atoms with Crippen molar-refractivity contribution in [2.75, 3.05) is 17.8 Å². The summed E-state index contributed by atoms with van der Waals surface area (Å²) >= 11 is 1.18. The van der Waals surface area contributed by atoms with Gasteiger partial charge in [-0.15, -0.1) is 10.2 Å². The van der Waals surface area contributed by atoms with E-state index < -0.39 is 11.9 Å². The molecule has 7 nitrogen and oxygen atoms in total. The number of nitrogen functional groups attached to an aromatic ring is 1. The molecule has 0 unspecified atom stereocenters. The summed E-state index contributed by atoms with van der Waals surface area (Å²) in [5, 5.41) is 7.99. The number of thioether (sulfide) groups is 1. The summed E-state index contributed by atoms with van der Waals surface area (Å²) < 4.78 is 30.1. The maximum absolute atomic E-state index is 12.7. The lowest BCUT2D eigenvalue weighted by Gasteiger charge is -2.20. The normalized spacial score (nSPS) is 12.0. The summed E-state index contributed by atoms with van der Waals surface area (Å²) in [5.41, 5.74) is 1.36. The Kier molecular flexibility index (Phi) is 6.32. The fourth-order valence-electron chi connectivity index (χ4n) is 2.60. The molecule has 1 amide bonds. The molecule has 0 aliphatic heterocycles. The van der Waals surface area contributed by atoms with Crippen molar-refractivity contribution in [1.29, 1.82) is 0 Å². The second-order valence-corrected chi connectivity index (χ2v) is 7.38. The molecule has 10 heteroatoms. The van der Waals surface area contributed by atoms with E-state index in [1.807, 2.05) is 30.3 Å². The zero-order valence-electron chi connectivity index (χ0n) is 15.7. The number of hydrogen-bond donors (Lipinski definition) is 1. The molecule has 0 aliphatic carbocycles. The van der Waals surface area contributed by atoms with Crippen LogP contribution in [0.4, 0.5) is 14.5 Å². The molecule has 152 valence electrons. The Balaban J connectivity index is 1.71. The predicted molar refractivity (Wildman–Crippen MR) is 107 cm³/mol. The second-order valence-electron chi connectivity index (χ2n) is 6.07. The number of nitrogens with zero attached hydrogens (tertiary/aromatic N) is 4. The van der Waals surface area contributed by atoms with Crippen LogP contribution in [0, 0.1) is 0 Å². The highest BCUT2D eigenvalue weighted by Gasteiger charge is 2.23.